The van der Waals surface area contributed by atoms with E-state index in [1.165, 1.54) is 12.8 Å². The normalized spacial score (nSPS) is 10.8. The molecule has 0 radical (unpaired) electrons. The minimum Gasteiger partial charge on any atom is -0.481 e. The van der Waals surface area contributed by atoms with Crippen LogP contribution in [0, 0.1) is 0 Å². The molecule has 0 fully saturated rings. The summed E-state index contributed by atoms with van der Waals surface area (Å²) in [4.78, 5) is 12.7. The maximum Gasteiger partial charge on any atom is 0.303 e. The summed E-state index contributed by atoms with van der Waals surface area (Å²) < 4.78 is 0. The Morgan fingerprint density at radius 2 is 1.64 bits per heavy atom. The molecule has 3 heteroatoms. The minimum atomic E-state index is -0.678. The SMILES string of the molecule is CCCN(CCC)CCCCC(=O)O. The Labute approximate surface area is 87.1 Å². The molecule has 0 atom stereocenters. The van der Waals surface area contributed by atoms with E-state index in [1.807, 2.05) is 0 Å². The zero-order chi connectivity index (χ0) is 10.8. The standard InChI is InChI=1S/C11H23NO2/c1-3-8-12(9-4-2)10-6-5-7-11(13)14/h3-10H2,1-2H3,(H,13,14). The predicted molar refractivity (Wildman–Crippen MR) is 58.5 cm³/mol. The van der Waals surface area contributed by atoms with Gasteiger partial charge in [0, 0.05) is 6.42 Å². The molecule has 0 saturated heterocycles. The van der Waals surface area contributed by atoms with E-state index in [4.69, 9.17) is 5.11 Å². The van der Waals surface area contributed by atoms with E-state index < -0.39 is 5.97 Å². The highest BCUT2D eigenvalue weighted by molar-refractivity contribution is 5.66. The molecule has 0 aromatic heterocycles. The van der Waals surface area contributed by atoms with Crippen LogP contribution in [0.25, 0.3) is 0 Å². The number of hydrogen-bond donors (Lipinski definition) is 1. The lowest BCUT2D eigenvalue weighted by Crippen LogP contribution is -2.26. The van der Waals surface area contributed by atoms with Gasteiger partial charge in [0.15, 0.2) is 0 Å². The topological polar surface area (TPSA) is 40.5 Å². The molecule has 84 valence electrons. The van der Waals surface area contributed by atoms with Gasteiger partial charge in [-0.05, 0) is 45.3 Å². The molecule has 0 rings (SSSR count). The largest absolute Gasteiger partial charge is 0.481 e. The Hall–Kier alpha value is -0.570. The van der Waals surface area contributed by atoms with Crippen molar-refractivity contribution in [2.24, 2.45) is 0 Å². The van der Waals surface area contributed by atoms with Crippen LogP contribution >= 0.6 is 0 Å². The number of carboxylic acids is 1. The number of unbranched alkanes of at least 4 members (excludes halogenated alkanes) is 1. The van der Waals surface area contributed by atoms with Gasteiger partial charge in [-0.15, -0.1) is 0 Å². The zero-order valence-electron chi connectivity index (χ0n) is 9.46. The summed E-state index contributed by atoms with van der Waals surface area (Å²) >= 11 is 0. The molecule has 0 saturated carbocycles. The van der Waals surface area contributed by atoms with Crippen LogP contribution in [-0.4, -0.2) is 35.6 Å². The molecule has 0 aliphatic rings. The van der Waals surface area contributed by atoms with Gasteiger partial charge in [-0.25, -0.2) is 0 Å². The summed E-state index contributed by atoms with van der Waals surface area (Å²) in [5.41, 5.74) is 0. The number of carbonyl (C=O) groups is 1. The third kappa shape index (κ3) is 8.05. The molecular weight excluding hydrogens is 178 g/mol. The van der Waals surface area contributed by atoms with E-state index in [0.29, 0.717) is 6.42 Å². The lowest BCUT2D eigenvalue weighted by molar-refractivity contribution is -0.137. The van der Waals surface area contributed by atoms with Crippen LogP contribution in [-0.2, 0) is 4.79 Å². The number of aliphatic carboxylic acids is 1. The number of hydrogen-bond acceptors (Lipinski definition) is 2. The third-order valence-electron chi connectivity index (χ3n) is 2.19. The van der Waals surface area contributed by atoms with Crippen LogP contribution in [0.15, 0.2) is 0 Å². The minimum absolute atomic E-state index is 0.312. The summed E-state index contributed by atoms with van der Waals surface area (Å²) in [6, 6.07) is 0. The maximum absolute atomic E-state index is 10.3. The second-order valence-electron chi connectivity index (χ2n) is 3.69. The summed E-state index contributed by atoms with van der Waals surface area (Å²) in [6.45, 7) is 7.69. The van der Waals surface area contributed by atoms with Crippen molar-refractivity contribution in [2.75, 3.05) is 19.6 Å². The first-order chi connectivity index (χ1) is 6.70. The van der Waals surface area contributed by atoms with E-state index >= 15 is 0 Å². The lowest BCUT2D eigenvalue weighted by Gasteiger charge is -2.20. The van der Waals surface area contributed by atoms with Crippen molar-refractivity contribution in [1.29, 1.82) is 0 Å². The fourth-order valence-corrected chi connectivity index (χ4v) is 1.58. The fourth-order valence-electron chi connectivity index (χ4n) is 1.58. The van der Waals surface area contributed by atoms with Gasteiger partial charge >= 0.3 is 5.97 Å². The first-order valence-corrected chi connectivity index (χ1v) is 5.64. The van der Waals surface area contributed by atoms with Crippen molar-refractivity contribution < 1.29 is 9.90 Å². The van der Waals surface area contributed by atoms with Gasteiger partial charge in [0.25, 0.3) is 0 Å². The molecule has 0 aromatic rings. The van der Waals surface area contributed by atoms with E-state index in [-0.39, 0.29) is 0 Å². The summed E-state index contributed by atoms with van der Waals surface area (Å²) in [5.74, 6) is -0.678. The van der Waals surface area contributed by atoms with E-state index in [0.717, 1.165) is 32.5 Å². The Kier molecular flexibility index (Phi) is 8.64. The monoisotopic (exact) mass is 201 g/mol. The lowest BCUT2D eigenvalue weighted by atomic mass is 10.2. The highest BCUT2D eigenvalue weighted by atomic mass is 16.4. The van der Waals surface area contributed by atoms with Gasteiger partial charge in [-0.2, -0.15) is 0 Å². The van der Waals surface area contributed by atoms with Crippen LogP contribution in [0.3, 0.4) is 0 Å². The van der Waals surface area contributed by atoms with E-state index in [2.05, 4.69) is 18.7 Å². The first-order valence-electron chi connectivity index (χ1n) is 5.64. The van der Waals surface area contributed by atoms with Crippen molar-refractivity contribution in [1.82, 2.24) is 4.90 Å². The highest BCUT2D eigenvalue weighted by Gasteiger charge is 2.02. The Bertz CT molecular complexity index is 142. The van der Waals surface area contributed by atoms with Gasteiger partial charge in [0.1, 0.15) is 0 Å². The highest BCUT2D eigenvalue weighted by Crippen LogP contribution is 2.01. The van der Waals surface area contributed by atoms with Crippen molar-refractivity contribution in [2.45, 2.75) is 46.0 Å². The number of nitrogens with zero attached hydrogens (tertiary/aromatic N) is 1. The van der Waals surface area contributed by atoms with Crippen LogP contribution in [0.4, 0.5) is 0 Å². The van der Waals surface area contributed by atoms with Gasteiger partial charge < -0.3 is 10.0 Å². The number of rotatable bonds is 9. The average molecular weight is 201 g/mol. The molecular formula is C11H23NO2. The predicted octanol–water partition coefficient (Wildman–Crippen LogP) is 2.36. The molecule has 0 amide bonds. The molecule has 0 bridgehead atoms. The van der Waals surface area contributed by atoms with Gasteiger partial charge in [-0.1, -0.05) is 13.8 Å². The van der Waals surface area contributed by atoms with Gasteiger partial charge in [-0.3, -0.25) is 4.79 Å². The molecule has 1 N–H and O–H groups in total. The first kappa shape index (κ1) is 13.4. The van der Waals surface area contributed by atoms with Crippen LogP contribution < -0.4 is 0 Å². The van der Waals surface area contributed by atoms with E-state index in [9.17, 15) is 4.79 Å². The van der Waals surface area contributed by atoms with Crippen LogP contribution in [0.2, 0.25) is 0 Å². The van der Waals surface area contributed by atoms with Crippen molar-refractivity contribution in [3.63, 3.8) is 0 Å². The molecule has 0 aliphatic heterocycles. The Morgan fingerprint density at radius 3 is 2.07 bits per heavy atom. The van der Waals surface area contributed by atoms with Crippen molar-refractivity contribution in [3.8, 4) is 0 Å². The second kappa shape index (κ2) is 9.00. The smallest absolute Gasteiger partial charge is 0.303 e. The molecule has 0 unspecified atom stereocenters. The summed E-state index contributed by atoms with van der Waals surface area (Å²) in [7, 11) is 0. The quantitative estimate of drug-likeness (QED) is 0.582. The van der Waals surface area contributed by atoms with Crippen molar-refractivity contribution in [3.05, 3.63) is 0 Å². The molecule has 0 spiro atoms. The maximum atomic E-state index is 10.3. The fraction of sp³-hybridized carbons (Fsp3) is 0.909. The summed E-state index contributed by atoms with van der Waals surface area (Å²) in [5, 5.41) is 8.47. The Balaban J connectivity index is 3.44. The van der Waals surface area contributed by atoms with Crippen LogP contribution in [0.1, 0.15) is 46.0 Å². The second-order valence-corrected chi connectivity index (χ2v) is 3.69. The zero-order valence-corrected chi connectivity index (χ0v) is 9.46. The molecule has 0 aliphatic carbocycles. The van der Waals surface area contributed by atoms with Gasteiger partial charge in [0.05, 0.1) is 0 Å². The summed E-state index contributed by atoms with van der Waals surface area (Å²) in [6.07, 6.45) is 4.48. The number of carboxylic acid groups (broad SMARTS) is 1. The van der Waals surface area contributed by atoms with Crippen LogP contribution in [0.5, 0.6) is 0 Å². The van der Waals surface area contributed by atoms with E-state index in [1.54, 1.807) is 0 Å². The molecule has 14 heavy (non-hydrogen) atoms. The molecule has 3 nitrogen and oxygen atoms in total. The molecule has 0 aromatic carbocycles. The van der Waals surface area contributed by atoms with Crippen molar-refractivity contribution >= 4 is 5.97 Å². The Morgan fingerprint density at radius 1 is 1.07 bits per heavy atom. The third-order valence-corrected chi connectivity index (χ3v) is 2.19. The average Bonchev–Trinajstić information content (AvgIpc) is 2.12. The molecule has 0 heterocycles. The van der Waals surface area contributed by atoms with Gasteiger partial charge in [0.2, 0.25) is 0 Å².